The second kappa shape index (κ2) is 14.4. The summed E-state index contributed by atoms with van der Waals surface area (Å²) >= 11 is 0. The Hall–Kier alpha value is -4.30. The van der Waals surface area contributed by atoms with Crippen LogP contribution in [0.5, 0.6) is 0 Å². The monoisotopic (exact) mass is 593 g/mol. The highest BCUT2D eigenvalue weighted by molar-refractivity contribution is 5.70. The first-order valence-electron chi connectivity index (χ1n) is 15.7. The summed E-state index contributed by atoms with van der Waals surface area (Å²) in [5.41, 5.74) is 4.50. The van der Waals surface area contributed by atoms with Crippen LogP contribution >= 0.6 is 0 Å². The summed E-state index contributed by atoms with van der Waals surface area (Å²) in [6.07, 6.45) is 12.0. The fourth-order valence-electron chi connectivity index (χ4n) is 5.84. The molecule has 8 heteroatoms. The third-order valence-electron chi connectivity index (χ3n) is 7.81. The van der Waals surface area contributed by atoms with Gasteiger partial charge < -0.3 is 20.1 Å². The van der Waals surface area contributed by atoms with Crippen LogP contribution in [-0.4, -0.2) is 52.2 Å². The molecule has 6 rings (SSSR count). The number of nitrogens with one attached hydrogen (secondary N) is 2. The van der Waals surface area contributed by atoms with Crippen molar-refractivity contribution in [2.75, 3.05) is 37.3 Å². The number of anilines is 3. The fourth-order valence-corrected chi connectivity index (χ4v) is 5.84. The van der Waals surface area contributed by atoms with Gasteiger partial charge in [0.15, 0.2) is 0 Å². The third-order valence-corrected chi connectivity index (χ3v) is 7.81. The molecule has 44 heavy (non-hydrogen) atoms. The molecule has 0 amide bonds. The van der Waals surface area contributed by atoms with Gasteiger partial charge in [0.1, 0.15) is 11.6 Å². The normalized spacial score (nSPS) is 15.5. The molecule has 1 fully saturated rings. The molecule has 0 unspecified atom stereocenters. The van der Waals surface area contributed by atoms with E-state index in [-0.39, 0.29) is 11.9 Å². The van der Waals surface area contributed by atoms with Crippen LogP contribution in [0, 0.1) is 11.7 Å². The van der Waals surface area contributed by atoms with Crippen molar-refractivity contribution in [2.24, 2.45) is 10.9 Å². The van der Waals surface area contributed by atoms with Crippen LogP contribution in [0.1, 0.15) is 46.5 Å². The lowest BCUT2D eigenvalue weighted by atomic mass is 10.0. The first kappa shape index (κ1) is 31.1. The highest BCUT2D eigenvalue weighted by Gasteiger charge is 2.21. The summed E-state index contributed by atoms with van der Waals surface area (Å²) in [4.78, 5) is 17.4. The van der Waals surface area contributed by atoms with Gasteiger partial charge in [0.05, 0.1) is 51.1 Å². The smallest absolute Gasteiger partial charge is 0.125 e. The lowest BCUT2D eigenvalue weighted by Gasteiger charge is -2.31. The Labute approximate surface area is 260 Å². The molecule has 0 spiro atoms. The molecule has 1 aromatic heterocycles. The van der Waals surface area contributed by atoms with Gasteiger partial charge in [-0.25, -0.2) is 14.4 Å². The fraction of sp³-hybridized carbons (Fsp3) is 0.361. The number of pyridine rings is 1. The highest BCUT2D eigenvalue weighted by atomic mass is 19.1. The average Bonchev–Trinajstić information content (AvgIpc) is 3.02. The van der Waals surface area contributed by atoms with E-state index in [0.717, 1.165) is 95.6 Å². The molecule has 4 aliphatic rings. The number of hydrogen-bond acceptors (Lipinski definition) is 6. The summed E-state index contributed by atoms with van der Waals surface area (Å²) < 4.78 is 16.1. The largest absolute Gasteiger partial charge is 0.373 e. The molecular weight excluding hydrogens is 549 g/mol. The quantitative estimate of drug-likeness (QED) is 0.263. The predicted octanol–water partition coefficient (Wildman–Crippen LogP) is 5.86. The molecule has 0 atom stereocenters. The summed E-state index contributed by atoms with van der Waals surface area (Å²) in [6, 6.07) is 15.1. The molecule has 2 N–H and O–H groups in total. The van der Waals surface area contributed by atoms with E-state index < -0.39 is 0 Å². The number of likely N-dealkylation sites (tertiary alicyclic amines) is 1. The Morgan fingerprint density at radius 1 is 1.07 bits per heavy atom. The number of hydrogen-bond donors (Lipinski definition) is 2. The Balaban J connectivity index is 0.00000123. The van der Waals surface area contributed by atoms with Gasteiger partial charge >= 0.3 is 0 Å². The highest BCUT2D eigenvalue weighted by Crippen LogP contribution is 2.25. The van der Waals surface area contributed by atoms with Crippen LogP contribution in [0.25, 0.3) is 29.2 Å². The second-order valence-corrected chi connectivity index (χ2v) is 11.8. The van der Waals surface area contributed by atoms with Gasteiger partial charge in [0.25, 0.3) is 0 Å². The van der Waals surface area contributed by atoms with Crippen LogP contribution in [0.3, 0.4) is 0 Å². The maximum Gasteiger partial charge on any atom is 0.125 e. The maximum absolute atomic E-state index is 13.9. The van der Waals surface area contributed by atoms with Gasteiger partial charge in [-0.3, -0.25) is 4.99 Å². The predicted molar refractivity (Wildman–Crippen MR) is 180 cm³/mol. The van der Waals surface area contributed by atoms with Crippen molar-refractivity contribution in [1.29, 1.82) is 0 Å². The average molecular weight is 594 g/mol. The molecule has 0 saturated carbocycles. The van der Waals surface area contributed by atoms with Gasteiger partial charge in [-0.15, -0.1) is 6.58 Å². The number of piperidine rings is 1. The van der Waals surface area contributed by atoms with Crippen LogP contribution in [0.4, 0.5) is 21.6 Å². The van der Waals surface area contributed by atoms with Crippen molar-refractivity contribution in [3.8, 4) is 17.1 Å². The van der Waals surface area contributed by atoms with Gasteiger partial charge in [-0.2, -0.15) is 0 Å². The van der Waals surface area contributed by atoms with E-state index in [1.54, 1.807) is 6.08 Å². The van der Waals surface area contributed by atoms with Crippen LogP contribution in [0.15, 0.2) is 72.4 Å². The molecule has 1 saturated heterocycles. The Kier molecular flexibility index (Phi) is 10.2. The van der Waals surface area contributed by atoms with Crippen molar-refractivity contribution in [2.45, 2.75) is 52.5 Å². The molecule has 230 valence electrons. The molecule has 3 heterocycles. The van der Waals surface area contributed by atoms with Crippen molar-refractivity contribution in [3.05, 3.63) is 89.3 Å². The van der Waals surface area contributed by atoms with Crippen molar-refractivity contribution >= 4 is 29.3 Å². The Bertz CT molecular complexity index is 1710. The molecule has 0 radical (unpaired) electrons. The number of rotatable bonds is 7. The second-order valence-electron chi connectivity index (χ2n) is 11.8. The molecule has 1 aromatic carbocycles. The number of allylic oxidation sites excluding steroid dienone is 1. The molecule has 2 aromatic rings. The number of fused-ring (bicyclic) bond motifs is 2. The Morgan fingerprint density at radius 3 is 2.45 bits per heavy atom. The lowest BCUT2D eigenvalue weighted by molar-refractivity contribution is 0.192. The number of halogens is 1. The SMILES string of the molecule is C=CC.CNc1ccc(Nc2cc3nc4c(n(-c5ccc(F)cc5)c-3cc2=NC2CCN(CC(C)C)CC2)=CCCC=4)cn1. The maximum atomic E-state index is 13.9. The zero-order valence-electron chi connectivity index (χ0n) is 26.4. The van der Waals surface area contributed by atoms with Gasteiger partial charge in [0.2, 0.25) is 0 Å². The zero-order valence-corrected chi connectivity index (χ0v) is 26.4. The topological polar surface area (TPSA) is 70.4 Å². The Morgan fingerprint density at radius 2 is 1.80 bits per heavy atom. The molecule has 7 nitrogen and oxygen atoms in total. The summed E-state index contributed by atoms with van der Waals surface area (Å²) in [5, 5.41) is 9.53. The zero-order chi connectivity index (χ0) is 31.1. The van der Waals surface area contributed by atoms with E-state index in [4.69, 9.17) is 9.98 Å². The standard InChI is InChI=1S/C33H38FN7.C3H6/c1-22(2)21-40-16-14-24(15-17-40)37-29-19-32-30(18-28(29)38-25-10-13-33(35-3)36-20-25)39-27-6-4-5-7-31(27)41(32)26-11-8-23(34)9-12-26;1-3-2/h6-13,18-20,22,24,38H,4-5,14-17,21H2,1-3H3,(H,35,36);3H,1H2,2H3. The first-order valence-corrected chi connectivity index (χ1v) is 15.7. The summed E-state index contributed by atoms with van der Waals surface area (Å²) in [6.45, 7) is 13.1. The van der Waals surface area contributed by atoms with E-state index in [2.05, 4.69) is 69.8 Å². The van der Waals surface area contributed by atoms with E-state index in [1.807, 2.05) is 44.4 Å². The minimum Gasteiger partial charge on any atom is -0.373 e. The minimum absolute atomic E-state index is 0.242. The molecular formula is C36H44FN7. The number of nitrogens with zero attached hydrogens (tertiary/aromatic N) is 5. The van der Waals surface area contributed by atoms with Crippen molar-refractivity contribution < 1.29 is 4.39 Å². The van der Waals surface area contributed by atoms with E-state index in [1.165, 1.54) is 12.1 Å². The van der Waals surface area contributed by atoms with Crippen LogP contribution < -0.4 is 26.7 Å². The van der Waals surface area contributed by atoms with Crippen LogP contribution in [-0.2, 0) is 0 Å². The van der Waals surface area contributed by atoms with E-state index in [0.29, 0.717) is 5.92 Å². The molecule has 2 aliphatic carbocycles. The van der Waals surface area contributed by atoms with Crippen molar-refractivity contribution in [3.63, 3.8) is 0 Å². The summed E-state index contributed by atoms with van der Waals surface area (Å²) in [7, 11) is 1.86. The van der Waals surface area contributed by atoms with E-state index in [9.17, 15) is 4.39 Å². The number of aromatic nitrogens is 3. The molecule has 0 bridgehead atoms. The van der Waals surface area contributed by atoms with Gasteiger partial charge in [-0.05, 0) is 87.1 Å². The summed E-state index contributed by atoms with van der Waals surface area (Å²) in [5.74, 6) is 1.23. The van der Waals surface area contributed by atoms with E-state index >= 15 is 0 Å². The van der Waals surface area contributed by atoms with Crippen LogP contribution in [0.2, 0.25) is 0 Å². The first-order chi connectivity index (χ1) is 21.4. The number of benzene rings is 2. The van der Waals surface area contributed by atoms with Gasteiger partial charge in [-0.1, -0.05) is 32.1 Å². The lowest BCUT2D eigenvalue weighted by Crippen LogP contribution is -2.40. The van der Waals surface area contributed by atoms with Gasteiger partial charge in [0, 0.05) is 32.4 Å². The van der Waals surface area contributed by atoms with Crippen molar-refractivity contribution in [1.82, 2.24) is 19.4 Å². The minimum atomic E-state index is -0.249. The molecule has 2 aliphatic heterocycles. The third kappa shape index (κ3) is 7.42.